The first-order chi connectivity index (χ1) is 15.6. The summed E-state index contributed by atoms with van der Waals surface area (Å²) >= 11 is 5.82. The van der Waals surface area contributed by atoms with Crippen molar-refractivity contribution in [3.8, 4) is 23.0 Å². The zero-order valence-corrected chi connectivity index (χ0v) is 19.4. The first-order valence-corrected chi connectivity index (χ1v) is 10.5. The molecule has 0 unspecified atom stereocenters. The molecule has 33 heavy (non-hydrogen) atoms. The average molecular weight is 474 g/mol. The van der Waals surface area contributed by atoms with Gasteiger partial charge in [-0.15, -0.1) is 10.2 Å². The fraction of sp³-hybridized carbons (Fsp3) is 0.364. The molecule has 3 aromatic rings. The Bertz CT molecular complexity index is 1090. The van der Waals surface area contributed by atoms with Crippen molar-refractivity contribution < 1.29 is 23.8 Å². The summed E-state index contributed by atoms with van der Waals surface area (Å²) in [5.41, 5.74) is 0.0371. The summed E-state index contributed by atoms with van der Waals surface area (Å²) in [6.45, 7) is 5.28. The Kier molecular flexibility index (Phi) is 7.59. The summed E-state index contributed by atoms with van der Waals surface area (Å²) in [4.78, 5) is 29.7. The number of rotatable bonds is 8. The lowest BCUT2D eigenvalue weighted by molar-refractivity contribution is -0.161. The van der Waals surface area contributed by atoms with Crippen molar-refractivity contribution in [2.45, 2.75) is 39.3 Å². The molecule has 11 heteroatoms. The van der Waals surface area contributed by atoms with Crippen LogP contribution in [0.15, 0.2) is 42.6 Å². The van der Waals surface area contributed by atoms with Gasteiger partial charge in [-0.1, -0.05) is 11.6 Å². The number of hydrogen-bond donors (Lipinski definition) is 0. The van der Waals surface area contributed by atoms with E-state index in [0.717, 1.165) is 0 Å². The van der Waals surface area contributed by atoms with Crippen molar-refractivity contribution >= 4 is 23.5 Å². The zero-order chi connectivity index (χ0) is 24.0. The van der Waals surface area contributed by atoms with Crippen LogP contribution in [0.3, 0.4) is 0 Å². The monoisotopic (exact) mass is 473 g/mol. The molecule has 0 saturated heterocycles. The van der Waals surface area contributed by atoms with Crippen LogP contribution in [0, 0.1) is 5.92 Å². The number of tetrazole rings is 1. The van der Waals surface area contributed by atoms with Crippen LogP contribution in [0.25, 0.3) is 11.4 Å². The van der Waals surface area contributed by atoms with Gasteiger partial charge in [-0.25, -0.2) is 4.98 Å². The van der Waals surface area contributed by atoms with Crippen LogP contribution in [-0.4, -0.2) is 49.8 Å². The number of hydrogen-bond acceptors (Lipinski definition) is 9. The van der Waals surface area contributed by atoms with Gasteiger partial charge in [0.15, 0.2) is 0 Å². The largest absolute Gasteiger partial charge is 0.469 e. The second-order valence-corrected chi connectivity index (χ2v) is 8.56. The van der Waals surface area contributed by atoms with Gasteiger partial charge in [0.05, 0.1) is 31.0 Å². The van der Waals surface area contributed by atoms with Crippen molar-refractivity contribution in [2.24, 2.45) is 5.92 Å². The highest BCUT2D eigenvalue weighted by molar-refractivity contribution is 6.30. The highest BCUT2D eigenvalue weighted by Crippen LogP contribution is 2.24. The summed E-state index contributed by atoms with van der Waals surface area (Å²) in [7, 11) is 1.26. The van der Waals surface area contributed by atoms with E-state index in [1.165, 1.54) is 18.1 Å². The van der Waals surface area contributed by atoms with Crippen LogP contribution >= 0.6 is 11.6 Å². The third-order valence-corrected chi connectivity index (χ3v) is 4.46. The maximum atomic E-state index is 12.2. The van der Waals surface area contributed by atoms with E-state index in [1.807, 2.05) is 0 Å². The summed E-state index contributed by atoms with van der Waals surface area (Å²) in [6, 6.07) is 10.4. The van der Waals surface area contributed by atoms with E-state index < -0.39 is 23.5 Å². The van der Waals surface area contributed by atoms with Crippen LogP contribution in [0.5, 0.6) is 11.6 Å². The summed E-state index contributed by atoms with van der Waals surface area (Å²) < 4.78 is 15.8. The van der Waals surface area contributed by atoms with Gasteiger partial charge < -0.3 is 14.2 Å². The van der Waals surface area contributed by atoms with Gasteiger partial charge in [0.2, 0.25) is 11.7 Å². The van der Waals surface area contributed by atoms with E-state index in [4.69, 9.17) is 25.8 Å². The second kappa shape index (κ2) is 10.4. The fourth-order valence-corrected chi connectivity index (χ4v) is 2.93. The smallest absolute Gasteiger partial charge is 0.311 e. The summed E-state index contributed by atoms with van der Waals surface area (Å²) in [6.07, 6.45) is 1.34. The number of benzene rings is 1. The van der Waals surface area contributed by atoms with E-state index in [2.05, 4.69) is 20.4 Å². The minimum Gasteiger partial charge on any atom is -0.469 e. The normalized spacial score (nSPS) is 12.2. The summed E-state index contributed by atoms with van der Waals surface area (Å²) in [5, 5.41) is 12.9. The Morgan fingerprint density at radius 2 is 1.85 bits per heavy atom. The molecular formula is C22H24ClN5O5. The van der Waals surface area contributed by atoms with Gasteiger partial charge in [-0.3, -0.25) is 9.59 Å². The summed E-state index contributed by atoms with van der Waals surface area (Å²) in [5.74, 6) is -0.540. The van der Waals surface area contributed by atoms with Crippen molar-refractivity contribution in [1.29, 1.82) is 0 Å². The maximum absolute atomic E-state index is 12.2. The molecule has 0 aliphatic rings. The quantitative estimate of drug-likeness (QED) is 0.451. The molecule has 2 heterocycles. The molecule has 0 aliphatic heterocycles. The van der Waals surface area contributed by atoms with Gasteiger partial charge in [0, 0.05) is 17.8 Å². The molecule has 0 amide bonds. The molecule has 1 atom stereocenters. The second-order valence-electron chi connectivity index (χ2n) is 8.12. The standard InChI is InChI=1S/C22H24ClN5O5/c1-22(2,3)33-19(29)11-15(21(30)31-4)13-28-26-20(25-27-28)14-5-8-17(9-6-14)32-18-10-7-16(23)12-24-18/h5-10,12,15H,11,13H2,1-4H3/t15-/m0/s1. The predicted octanol–water partition coefficient (Wildman–Crippen LogP) is 3.70. The fourth-order valence-electron chi connectivity index (χ4n) is 2.82. The molecular weight excluding hydrogens is 450 g/mol. The van der Waals surface area contributed by atoms with Gasteiger partial charge >= 0.3 is 11.9 Å². The van der Waals surface area contributed by atoms with Crippen molar-refractivity contribution in [3.05, 3.63) is 47.6 Å². The molecule has 0 aliphatic carbocycles. The highest BCUT2D eigenvalue weighted by atomic mass is 35.5. The van der Waals surface area contributed by atoms with E-state index >= 15 is 0 Å². The topological polar surface area (TPSA) is 118 Å². The number of halogens is 1. The van der Waals surface area contributed by atoms with Crippen LogP contribution in [0.1, 0.15) is 27.2 Å². The molecule has 3 rings (SSSR count). The highest BCUT2D eigenvalue weighted by Gasteiger charge is 2.27. The SMILES string of the molecule is COC(=O)[C@@H](CC(=O)OC(C)(C)C)Cn1nnc(-c2ccc(Oc3ccc(Cl)cn3)cc2)n1. The lowest BCUT2D eigenvalue weighted by Gasteiger charge is -2.21. The third kappa shape index (κ3) is 7.25. The van der Waals surface area contributed by atoms with Crippen molar-refractivity contribution in [1.82, 2.24) is 25.2 Å². The van der Waals surface area contributed by atoms with Gasteiger partial charge in [0.1, 0.15) is 11.4 Å². The number of ether oxygens (including phenoxy) is 3. The van der Waals surface area contributed by atoms with Gasteiger partial charge in [-0.05, 0) is 56.3 Å². The Hall–Kier alpha value is -3.53. The minimum atomic E-state index is -0.811. The van der Waals surface area contributed by atoms with Crippen molar-refractivity contribution in [2.75, 3.05) is 7.11 Å². The number of methoxy groups -OCH3 is 1. The van der Waals surface area contributed by atoms with Crippen LogP contribution in [-0.2, 0) is 25.6 Å². The first kappa shape index (κ1) is 24.1. The number of carbonyl (C=O) groups is 2. The predicted molar refractivity (Wildman–Crippen MR) is 119 cm³/mol. The zero-order valence-electron chi connectivity index (χ0n) is 18.7. The average Bonchev–Trinajstić information content (AvgIpc) is 3.22. The van der Waals surface area contributed by atoms with E-state index in [1.54, 1.807) is 57.2 Å². The van der Waals surface area contributed by atoms with Gasteiger partial charge in [-0.2, -0.15) is 4.80 Å². The lowest BCUT2D eigenvalue weighted by Crippen LogP contribution is -2.30. The molecule has 174 valence electrons. The molecule has 0 N–H and O–H groups in total. The Morgan fingerprint density at radius 1 is 1.12 bits per heavy atom. The molecule has 0 saturated carbocycles. The molecule has 2 aromatic heterocycles. The van der Waals surface area contributed by atoms with Crippen LogP contribution in [0.2, 0.25) is 5.02 Å². The van der Waals surface area contributed by atoms with E-state index in [-0.39, 0.29) is 13.0 Å². The van der Waals surface area contributed by atoms with Crippen LogP contribution in [0.4, 0.5) is 0 Å². The maximum Gasteiger partial charge on any atom is 0.311 e. The number of pyridine rings is 1. The van der Waals surface area contributed by atoms with E-state index in [9.17, 15) is 9.59 Å². The number of carbonyl (C=O) groups excluding carboxylic acids is 2. The molecule has 1 aromatic carbocycles. The minimum absolute atomic E-state index is 0.0162. The Labute approximate surface area is 195 Å². The molecule has 0 fully saturated rings. The van der Waals surface area contributed by atoms with Gasteiger partial charge in [0.25, 0.3) is 0 Å². The molecule has 0 radical (unpaired) electrons. The number of nitrogens with zero attached hydrogens (tertiary/aromatic N) is 5. The van der Waals surface area contributed by atoms with Crippen LogP contribution < -0.4 is 4.74 Å². The number of aromatic nitrogens is 5. The van der Waals surface area contributed by atoms with E-state index in [0.29, 0.717) is 28.0 Å². The van der Waals surface area contributed by atoms with Crippen molar-refractivity contribution in [3.63, 3.8) is 0 Å². The molecule has 0 spiro atoms. The Morgan fingerprint density at radius 3 is 2.45 bits per heavy atom. The lowest BCUT2D eigenvalue weighted by atomic mass is 10.1. The third-order valence-electron chi connectivity index (χ3n) is 4.24. The Balaban J connectivity index is 1.66. The number of esters is 2. The first-order valence-electron chi connectivity index (χ1n) is 10.1. The molecule has 0 bridgehead atoms. The molecule has 10 nitrogen and oxygen atoms in total.